The highest BCUT2D eigenvalue weighted by molar-refractivity contribution is 7.99. The molecule has 0 aliphatic heterocycles. The average molecular weight is 405 g/mol. The first kappa shape index (κ1) is 20.0. The topological polar surface area (TPSA) is 46.9 Å². The van der Waals surface area contributed by atoms with Crippen LogP contribution in [0.2, 0.25) is 0 Å². The van der Waals surface area contributed by atoms with Gasteiger partial charge in [0.25, 0.3) is 5.91 Å². The number of benzene rings is 2. The average Bonchev–Trinajstić information content (AvgIpc) is 3.01. The number of rotatable bonds is 4. The third-order valence-electron chi connectivity index (χ3n) is 4.01. The minimum atomic E-state index is -4.69. The molecule has 0 unspecified atom stereocenters. The summed E-state index contributed by atoms with van der Waals surface area (Å²) in [6.07, 6.45) is -3.64. The van der Waals surface area contributed by atoms with E-state index < -0.39 is 23.3 Å². The van der Waals surface area contributed by atoms with Gasteiger partial charge >= 0.3 is 6.18 Å². The predicted molar refractivity (Wildman–Crippen MR) is 103 cm³/mol. The van der Waals surface area contributed by atoms with Gasteiger partial charge in [0.15, 0.2) is 5.69 Å². The number of aromatic nitrogens is 2. The molecule has 1 heterocycles. The zero-order valence-corrected chi connectivity index (χ0v) is 16.3. The van der Waals surface area contributed by atoms with Crippen LogP contribution in [0.4, 0.5) is 18.9 Å². The van der Waals surface area contributed by atoms with Crippen LogP contribution in [0.5, 0.6) is 0 Å². The Morgan fingerprint density at radius 3 is 2.39 bits per heavy atom. The molecule has 8 heteroatoms. The number of amides is 1. The summed E-state index contributed by atoms with van der Waals surface area (Å²) in [4.78, 5) is 14.4. The fourth-order valence-corrected chi connectivity index (χ4v) is 3.59. The quantitative estimate of drug-likeness (QED) is 0.627. The Morgan fingerprint density at radius 2 is 1.79 bits per heavy atom. The van der Waals surface area contributed by atoms with Crippen molar-refractivity contribution in [3.63, 3.8) is 0 Å². The van der Waals surface area contributed by atoms with Crippen LogP contribution in [0.3, 0.4) is 0 Å². The summed E-state index contributed by atoms with van der Waals surface area (Å²) in [6, 6.07) is 13.1. The van der Waals surface area contributed by atoms with E-state index in [2.05, 4.69) is 16.5 Å². The Kier molecular flexibility index (Phi) is 5.51. The molecule has 1 aromatic heterocycles. The number of carbonyl (C=O) groups is 1. The SMILES string of the molecule is Cc1ccc(Sc2ccc(NC(=O)c3cn(C)nc3C(F)(F)F)cc2)c(C)c1. The van der Waals surface area contributed by atoms with Gasteiger partial charge in [-0.05, 0) is 49.7 Å². The number of nitrogens with one attached hydrogen (secondary N) is 1. The van der Waals surface area contributed by atoms with E-state index >= 15 is 0 Å². The third-order valence-corrected chi connectivity index (χ3v) is 5.20. The second-order valence-corrected chi connectivity index (χ2v) is 7.53. The van der Waals surface area contributed by atoms with Gasteiger partial charge in [0.1, 0.15) is 0 Å². The van der Waals surface area contributed by atoms with Crippen LogP contribution in [-0.2, 0) is 13.2 Å². The largest absolute Gasteiger partial charge is 0.435 e. The lowest BCUT2D eigenvalue weighted by molar-refractivity contribution is -0.141. The molecule has 1 N–H and O–H groups in total. The molecule has 0 saturated carbocycles. The first-order valence-electron chi connectivity index (χ1n) is 8.41. The van der Waals surface area contributed by atoms with Gasteiger partial charge in [-0.25, -0.2) is 0 Å². The van der Waals surface area contributed by atoms with Crippen molar-refractivity contribution in [2.75, 3.05) is 5.32 Å². The van der Waals surface area contributed by atoms with Crippen molar-refractivity contribution in [3.05, 3.63) is 71.0 Å². The van der Waals surface area contributed by atoms with E-state index in [0.717, 1.165) is 20.7 Å². The lowest BCUT2D eigenvalue weighted by atomic mass is 10.2. The summed E-state index contributed by atoms with van der Waals surface area (Å²) in [6.45, 7) is 4.07. The number of hydrogen-bond donors (Lipinski definition) is 1. The number of carbonyl (C=O) groups excluding carboxylic acids is 1. The van der Waals surface area contributed by atoms with Crippen LogP contribution in [-0.4, -0.2) is 15.7 Å². The molecular formula is C20H18F3N3OS. The fourth-order valence-electron chi connectivity index (χ4n) is 2.71. The first-order valence-corrected chi connectivity index (χ1v) is 9.22. The molecule has 0 aliphatic carbocycles. The maximum absolute atomic E-state index is 13.0. The molecule has 28 heavy (non-hydrogen) atoms. The second-order valence-electron chi connectivity index (χ2n) is 6.41. The van der Waals surface area contributed by atoms with E-state index in [1.165, 1.54) is 18.2 Å². The fraction of sp³-hybridized carbons (Fsp3) is 0.200. The molecule has 0 saturated heterocycles. The van der Waals surface area contributed by atoms with E-state index in [1.807, 2.05) is 38.1 Å². The van der Waals surface area contributed by atoms with Gasteiger partial charge in [0.2, 0.25) is 0 Å². The van der Waals surface area contributed by atoms with Crippen molar-refractivity contribution in [1.29, 1.82) is 0 Å². The van der Waals surface area contributed by atoms with Crippen LogP contribution in [0, 0.1) is 13.8 Å². The molecule has 4 nitrogen and oxygen atoms in total. The number of hydrogen-bond acceptors (Lipinski definition) is 3. The van der Waals surface area contributed by atoms with Crippen LogP contribution in [0.15, 0.2) is 58.5 Å². The van der Waals surface area contributed by atoms with Crippen LogP contribution in [0.1, 0.15) is 27.2 Å². The van der Waals surface area contributed by atoms with Crippen LogP contribution < -0.4 is 5.32 Å². The summed E-state index contributed by atoms with van der Waals surface area (Å²) < 4.78 is 40.0. The van der Waals surface area contributed by atoms with E-state index in [9.17, 15) is 18.0 Å². The summed E-state index contributed by atoms with van der Waals surface area (Å²) in [5.74, 6) is -0.852. The van der Waals surface area contributed by atoms with Gasteiger partial charge < -0.3 is 5.32 Å². The van der Waals surface area contributed by atoms with Gasteiger partial charge in [0, 0.05) is 28.7 Å². The Morgan fingerprint density at radius 1 is 1.11 bits per heavy atom. The minimum absolute atomic E-state index is 0.409. The van der Waals surface area contributed by atoms with Crippen molar-refractivity contribution >= 4 is 23.4 Å². The normalized spacial score (nSPS) is 11.5. The monoisotopic (exact) mass is 405 g/mol. The molecule has 0 radical (unpaired) electrons. The van der Waals surface area contributed by atoms with Gasteiger partial charge in [-0.1, -0.05) is 29.5 Å². The maximum Gasteiger partial charge on any atom is 0.435 e. The van der Waals surface area contributed by atoms with E-state index in [4.69, 9.17) is 0 Å². The lowest BCUT2D eigenvalue weighted by Gasteiger charge is -2.09. The van der Waals surface area contributed by atoms with Crippen molar-refractivity contribution in [3.8, 4) is 0 Å². The molecule has 1 amide bonds. The molecule has 0 spiro atoms. The van der Waals surface area contributed by atoms with E-state index in [1.54, 1.807) is 23.9 Å². The standard InChI is InChI=1S/C20H18F3N3OS/c1-12-4-9-17(13(2)10-12)28-15-7-5-14(6-8-15)24-19(27)16-11-26(3)25-18(16)20(21,22)23/h4-11H,1-3H3,(H,24,27). The number of nitrogens with zero attached hydrogens (tertiary/aromatic N) is 2. The number of alkyl halides is 3. The molecule has 0 aliphatic rings. The second kappa shape index (κ2) is 7.71. The Balaban J connectivity index is 1.73. The van der Waals surface area contributed by atoms with Gasteiger partial charge in [-0.15, -0.1) is 0 Å². The maximum atomic E-state index is 13.0. The summed E-state index contributed by atoms with van der Waals surface area (Å²) in [7, 11) is 1.34. The van der Waals surface area contributed by atoms with Gasteiger partial charge in [-0.3, -0.25) is 9.48 Å². The zero-order valence-electron chi connectivity index (χ0n) is 15.5. The summed E-state index contributed by atoms with van der Waals surface area (Å²) in [5.41, 5.74) is 1.05. The van der Waals surface area contributed by atoms with Crippen LogP contribution in [0.25, 0.3) is 0 Å². The molecule has 146 valence electrons. The van der Waals surface area contributed by atoms with Crippen LogP contribution >= 0.6 is 11.8 Å². The number of aryl methyl sites for hydroxylation is 3. The first-order chi connectivity index (χ1) is 13.1. The molecule has 3 rings (SSSR count). The highest BCUT2D eigenvalue weighted by Gasteiger charge is 2.39. The number of halogens is 3. The molecule has 3 aromatic rings. The third kappa shape index (κ3) is 4.56. The van der Waals surface area contributed by atoms with Gasteiger partial charge in [-0.2, -0.15) is 18.3 Å². The lowest BCUT2D eigenvalue weighted by Crippen LogP contribution is -2.17. The Labute approximate surface area is 164 Å². The van der Waals surface area contributed by atoms with E-state index in [0.29, 0.717) is 5.69 Å². The zero-order chi connectivity index (χ0) is 20.5. The molecule has 2 aromatic carbocycles. The molecule has 0 fully saturated rings. The van der Waals surface area contributed by atoms with E-state index in [-0.39, 0.29) is 0 Å². The Bertz CT molecular complexity index is 1010. The predicted octanol–water partition coefficient (Wildman–Crippen LogP) is 5.46. The Hall–Kier alpha value is -2.74. The molecular weight excluding hydrogens is 387 g/mol. The smallest absolute Gasteiger partial charge is 0.322 e. The van der Waals surface area contributed by atoms with Crippen molar-refractivity contribution in [1.82, 2.24) is 9.78 Å². The summed E-state index contributed by atoms with van der Waals surface area (Å²) >= 11 is 1.58. The minimum Gasteiger partial charge on any atom is -0.322 e. The van der Waals surface area contributed by atoms with Crippen molar-refractivity contribution in [2.24, 2.45) is 7.05 Å². The van der Waals surface area contributed by atoms with Crippen molar-refractivity contribution < 1.29 is 18.0 Å². The van der Waals surface area contributed by atoms with Gasteiger partial charge in [0.05, 0.1) is 5.56 Å². The molecule has 0 atom stereocenters. The van der Waals surface area contributed by atoms with Crippen molar-refractivity contribution in [2.45, 2.75) is 29.8 Å². The number of anilines is 1. The summed E-state index contributed by atoms with van der Waals surface area (Å²) in [5, 5.41) is 5.84. The highest BCUT2D eigenvalue weighted by atomic mass is 32.2. The molecule has 0 bridgehead atoms. The highest BCUT2D eigenvalue weighted by Crippen LogP contribution is 2.32.